The third-order valence-corrected chi connectivity index (χ3v) is 0.881. The average molecular weight is 127 g/mol. The average Bonchev–Trinajstić information content (AvgIpc) is 2.34. The molecule has 49 valence electrons. The van der Waals surface area contributed by atoms with Crippen molar-refractivity contribution < 1.29 is 5.11 Å². The zero-order valence-electron chi connectivity index (χ0n) is 4.86. The molecule has 0 spiro atoms. The van der Waals surface area contributed by atoms with Crippen LogP contribution in [-0.4, -0.2) is 31.9 Å². The standard InChI is InChI=1S/C4H7N4O/c9-3-1-2-8-4-5-6-7-8/h9H,1-3H2. The van der Waals surface area contributed by atoms with Crippen LogP contribution in [0.4, 0.5) is 0 Å². The van der Waals surface area contributed by atoms with Crippen molar-refractivity contribution in [2.45, 2.75) is 13.0 Å². The van der Waals surface area contributed by atoms with Gasteiger partial charge in [0.15, 0.2) is 0 Å². The normalized spacial score (nSPS) is 9.89. The van der Waals surface area contributed by atoms with E-state index in [9.17, 15) is 0 Å². The minimum Gasteiger partial charge on any atom is -0.396 e. The maximum absolute atomic E-state index is 8.37. The van der Waals surface area contributed by atoms with Crippen molar-refractivity contribution in [3.8, 4) is 0 Å². The van der Waals surface area contributed by atoms with Crippen LogP contribution >= 0.6 is 0 Å². The zero-order valence-corrected chi connectivity index (χ0v) is 4.86. The Morgan fingerprint density at radius 1 is 1.56 bits per heavy atom. The minimum absolute atomic E-state index is 0.160. The number of hydrogen-bond donors (Lipinski definition) is 1. The predicted octanol–water partition coefficient (Wildman–Crippen LogP) is -1.14. The molecule has 0 aliphatic heterocycles. The van der Waals surface area contributed by atoms with Crippen LogP contribution in [0.5, 0.6) is 0 Å². The first-order chi connectivity index (χ1) is 4.43. The molecule has 0 unspecified atom stereocenters. The fourth-order valence-corrected chi connectivity index (χ4v) is 0.475. The van der Waals surface area contributed by atoms with Gasteiger partial charge in [0.05, 0.1) is 0 Å². The molecule has 0 fully saturated rings. The topological polar surface area (TPSA) is 63.8 Å². The van der Waals surface area contributed by atoms with Crippen LogP contribution in [0.25, 0.3) is 0 Å². The lowest BCUT2D eigenvalue weighted by Crippen LogP contribution is -2.00. The Morgan fingerprint density at radius 3 is 3.00 bits per heavy atom. The molecule has 1 aromatic heterocycles. The summed E-state index contributed by atoms with van der Waals surface area (Å²) in [5.41, 5.74) is 0. The van der Waals surface area contributed by atoms with Gasteiger partial charge in [-0.25, -0.2) is 4.68 Å². The van der Waals surface area contributed by atoms with Gasteiger partial charge in [0.25, 0.3) is 0 Å². The molecule has 1 heterocycles. The second-order valence-electron chi connectivity index (χ2n) is 1.58. The molecule has 9 heavy (non-hydrogen) atoms. The first-order valence-corrected chi connectivity index (χ1v) is 2.68. The number of hydrogen-bond acceptors (Lipinski definition) is 4. The van der Waals surface area contributed by atoms with Gasteiger partial charge in [-0.3, -0.25) is 0 Å². The molecular formula is C4H7N4O. The van der Waals surface area contributed by atoms with Crippen molar-refractivity contribution >= 4 is 0 Å². The van der Waals surface area contributed by atoms with Crippen LogP contribution in [0.15, 0.2) is 0 Å². The van der Waals surface area contributed by atoms with Crippen LogP contribution in [0, 0.1) is 6.33 Å². The highest BCUT2D eigenvalue weighted by Crippen LogP contribution is 1.81. The summed E-state index contributed by atoms with van der Waals surface area (Å²) in [7, 11) is 0. The highest BCUT2D eigenvalue weighted by Gasteiger charge is 1.89. The van der Waals surface area contributed by atoms with Gasteiger partial charge < -0.3 is 5.11 Å². The Balaban J connectivity index is 2.30. The molecule has 1 radical (unpaired) electrons. The molecule has 1 aromatic rings. The Morgan fingerprint density at radius 2 is 2.44 bits per heavy atom. The molecule has 5 heteroatoms. The van der Waals surface area contributed by atoms with Crippen molar-refractivity contribution in [1.29, 1.82) is 0 Å². The van der Waals surface area contributed by atoms with Gasteiger partial charge >= 0.3 is 0 Å². The van der Waals surface area contributed by atoms with Gasteiger partial charge in [-0.1, -0.05) is 0 Å². The van der Waals surface area contributed by atoms with Gasteiger partial charge in [0.1, 0.15) is 0 Å². The predicted molar refractivity (Wildman–Crippen MR) is 28.4 cm³/mol. The molecule has 5 nitrogen and oxygen atoms in total. The van der Waals surface area contributed by atoms with Gasteiger partial charge in [-0.2, -0.15) is 0 Å². The van der Waals surface area contributed by atoms with E-state index in [4.69, 9.17) is 5.11 Å². The maximum atomic E-state index is 8.37. The van der Waals surface area contributed by atoms with Crippen LogP contribution in [-0.2, 0) is 6.54 Å². The van der Waals surface area contributed by atoms with E-state index in [1.807, 2.05) is 0 Å². The van der Waals surface area contributed by atoms with E-state index < -0.39 is 0 Å². The summed E-state index contributed by atoms with van der Waals surface area (Å²) < 4.78 is 1.45. The fourth-order valence-electron chi connectivity index (χ4n) is 0.475. The summed E-state index contributed by atoms with van der Waals surface area (Å²) in [6, 6.07) is 0. The molecule has 1 rings (SSSR count). The SMILES string of the molecule is OCCCn1[c]nnn1. The minimum atomic E-state index is 0.160. The summed E-state index contributed by atoms with van der Waals surface area (Å²) in [4.78, 5) is 0. The van der Waals surface area contributed by atoms with E-state index >= 15 is 0 Å². The fraction of sp³-hybridized carbons (Fsp3) is 0.750. The van der Waals surface area contributed by atoms with Crippen LogP contribution in [0.1, 0.15) is 6.42 Å². The monoisotopic (exact) mass is 127 g/mol. The smallest absolute Gasteiger partial charge is 0.221 e. The number of aliphatic hydroxyl groups excluding tert-OH is 1. The van der Waals surface area contributed by atoms with E-state index in [0.717, 1.165) is 0 Å². The highest BCUT2D eigenvalue weighted by molar-refractivity contribution is 4.42. The van der Waals surface area contributed by atoms with Gasteiger partial charge in [-0.15, -0.1) is 5.10 Å². The Bertz CT molecular complexity index is 150. The van der Waals surface area contributed by atoms with Gasteiger partial charge in [-0.05, 0) is 16.8 Å². The summed E-state index contributed by atoms with van der Waals surface area (Å²) in [6.45, 7) is 0.789. The Hall–Kier alpha value is -0.970. The first kappa shape index (κ1) is 6.15. The third-order valence-electron chi connectivity index (χ3n) is 0.881. The lowest BCUT2D eigenvalue weighted by atomic mass is 10.5. The number of aryl methyl sites for hydroxylation is 1. The van der Waals surface area contributed by atoms with E-state index in [1.165, 1.54) is 4.68 Å². The molecule has 0 amide bonds. The van der Waals surface area contributed by atoms with Crippen molar-refractivity contribution in [2.75, 3.05) is 6.61 Å². The Kier molecular flexibility index (Phi) is 2.14. The maximum Gasteiger partial charge on any atom is 0.221 e. The molecule has 0 bridgehead atoms. The second kappa shape index (κ2) is 3.13. The number of rotatable bonds is 3. The Labute approximate surface area is 52.3 Å². The summed E-state index contributed by atoms with van der Waals surface area (Å²) >= 11 is 0. The largest absolute Gasteiger partial charge is 0.396 e. The molecule has 0 aliphatic carbocycles. The molecule has 1 N–H and O–H groups in total. The van der Waals surface area contributed by atoms with E-state index in [0.29, 0.717) is 13.0 Å². The highest BCUT2D eigenvalue weighted by atomic mass is 16.3. The van der Waals surface area contributed by atoms with E-state index in [-0.39, 0.29) is 6.61 Å². The van der Waals surface area contributed by atoms with Crippen molar-refractivity contribution in [2.24, 2.45) is 0 Å². The van der Waals surface area contributed by atoms with Crippen LogP contribution in [0.3, 0.4) is 0 Å². The number of aliphatic hydroxyl groups is 1. The number of tetrazole rings is 1. The molecule has 0 aliphatic rings. The summed E-state index contributed by atoms with van der Waals surface area (Å²) in [5, 5.41) is 18.6. The van der Waals surface area contributed by atoms with E-state index in [1.54, 1.807) is 0 Å². The van der Waals surface area contributed by atoms with Crippen molar-refractivity contribution in [1.82, 2.24) is 20.2 Å². The molecular weight excluding hydrogens is 120 g/mol. The zero-order chi connectivity index (χ0) is 6.53. The van der Waals surface area contributed by atoms with E-state index in [2.05, 4.69) is 21.9 Å². The van der Waals surface area contributed by atoms with Gasteiger partial charge in [0.2, 0.25) is 6.33 Å². The molecule has 0 aromatic carbocycles. The van der Waals surface area contributed by atoms with Crippen molar-refractivity contribution in [3.63, 3.8) is 0 Å². The molecule has 0 saturated carbocycles. The summed E-state index contributed by atoms with van der Waals surface area (Å²) in [5.74, 6) is 0. The van der Waals surface area contributed by atoms with Crippen LogP contribution in [0.2, 0.25) is 0 Å². The first-order valence-electron chi connectivity index (χ1n) is 2.68. The lowest BCUT2D eigenvalue weighted by molar-refractivity contribution is 0.276. The second-order valence-corrected chi connectivity index (χ2v) is 1.58. The molecule has 0 saturated heterocycles. The number of aromatic nitrogens is 4. The van der Waals surface area contributed by atoms with Gasteiger partial charge in [0, 0.05) is 13.2 Å². The van der Waals surface area contributed by atoms with Crippen molar-refractivity contribution in [3.05, 3.63) is 6.33 Å². The van der Waals surface area contributed by atoms with Crippen LogP contribution < -0.4 is 0 Å². The number of nitrogens with zero attached hydrogens (tertiary/aromatic N) is 4. The third kappa shape index (κ3) is 1.77. The summed E-state index contributed by atoms with van der Waals surface area (Å²) in [6.07, 6.45) is 3.17. The molecule has 0 atom stereocenters. The lowest BCUT2D eigenvalue weighted by Gasteiger charge is -1.91. The quantitative estimate of drug-likeness (QED) is 0.557.